The Hall–Kier alpha value is -2.53. The summed E-state index contributed by atoms with van der Waals surface area (Å²) >= 11 is 5.89. The molecule has 1 N–H and O–H groups in total. The number of benzene rings is 2. The number of amides is 2. The molecule has 2 aromatic rings. The van der Waals surface area contributed by atoms with Crippen molar-refractivity contribution in [3.63, 3.8) is 0 Å². The minimum Gasteiger partial charge on any atom is -0.484 e. The van der Waals surface area contributed by atoms with Gasteiger partial charge in [-0.1, -0.05) is 49.2 Å². The van der Waals surface area contributed by atoms with Crippen molar-refractivity contribution in [2.75, 3.05) is 19.7 Å². The van der Waals surface area contributed by atoms with Gasteiger partial charge in [-0.05, 0) is 54.7 Å². The molecular weight excluding hydrogens is 400 g/mol. The summed E-state index contributed by atoms with van der Waals surface area (Å²) in [7, 11) is 0. The van der Waals surface area contributed by atoms with Crippen LogP contribution < -0.4 is 10.1 Å². The molecule has 0 aromatic heterocycles. The third-order valence-corrected chi connectivity index (χ3v) is 5.57. The first-order chi connectivity index (χ1) is 14.5. The van der Waals surface area contributed by atoms with E-state index in [-0.39, 0.29) is 24.5 Å². The Morgan fingerprint density at radius 1 is 1.03 bits per heavy atom. The van der Waals surface area contributed by atoms with E-state index in [1.54, 1.807) is 12.1 Å². The highest BCUT2D eigenvalue weighted by Crippen LogP contribution is 2.15. The van der Waals surface area contributed by atoms with E-state index >= 15 is 0 Å². The molecule has 0 radical (unpaired) electrons. The van der Waals surface area contributed by atoms with Crippen LogP contribution in [0.25, 0.3) is 0 Å². The molecule has 0 aliphatic carbocycles. The van der Waals surface area contributed by atoms with Gasteiger partial charge in [0, 0.05) is 24.2 Å². The average molecular weight is 429 g/mol. The molecule has 1 aliphatic heterocycles. The summed E-state index contributed by atoms with van der Waals surface area (Å²) in [6.45, 7) is 3.45. The maximum Gasteiger partial charge on any atom is 0.258 e. The van der Waals surface area contributed by atoms with Gasteiger partial charge in [0.15, 0.2) is 6.61 Å². The second-order valence-electron chi connectivity index (χ2n) is 7.71. The Morgan fingerprint density at radius 3 is 2.30 bits per heavy atom. The van der Waals surface area contributed by atoms with Crippen LogP contribution in [0.1, 0.15) is 37.3 Å². The topological polar surface area (TPSA) is 58.6 Å². The van der Waals surface area contributed by atoms with Crippen LogP contribution in [0.4, 0.5) is 0 Å². The van der Waals surface area contributed by atoms with Crippen LogP contribution in [0.15, 0.2) is 48.5 Å². The van der Waals surface area contributed by atoms with Gasteiger partial charge in [0.25, 0.3) is 5.91 Å². The largest absolute Gasteiger partial charge is 0.484 e. The summed E-state index contributed by atoms with van der Waals surface area (Å²) in [4.78, 5) is 26.6. The molecule has 0 unspecified atom stereocenters. The van der Waals surface area contributed by atoms with Gasteiger partial charge in [-0.2, -0.15) is 0 Å². The van der Waals surface area contributed by atoms with Gasteiger partial charge < -0.3 is 15.0 Å². The molecule has 2 amide bonds. The molecule has 1 aliphatic rings. The number of ether oxygens (including phenoxy) is 1. The first-order valence-corrected chi connectivity index (χ1v) is 10.9. The van der Waals surface area contributed by atoms with E-state index in [4.69, 9.17) is 16.3 Å². The number of likely N-dealkylation sites (tertiary alicyclic amines) is 1. The molecule has 2 aromatic carbocycles. The van der Waals surface area contributed by atoms with E-state index in [0.717, 1.165) is 31.2 Å². The van der Waals surface area contributed by atoms with Gasteiger partial charge >= 0.3 is 0 Å². The lowest BCUT2D eigenvalue weighted by Gasteiger charge is -2.32. The number of aryl methyl sites for hydroxylation is 1. The summed E-state index contributed by atoms with van der Waals surface area (Å²) in [6, 6.07) is 15.3. The number of rotatable bonds is 8. The smallest absolute Gasteiger partial charge is 0.258 e. The van der Waals surface area contributed by atoms with Crippen molar-refractivity contribution in [3.05, 3.63) is 64.7 Å². The first kappa shape index (κ1) is 22.2. The van der Waals surface area contributed by atoms with Gasteiger partial charge in [-0.3, -0.25) is 9.59 Å². The van der Waals surface area contributed by atoms with E-state index in [9.17, 15) is 9.59 Å². The van der Waals surface area contributed by atoms with E-state index in [1.165, 1.54) is 5.56 Å². The molecule has 0 spiro atoms. The second-order valence-corrected chi connectivity index (χ2v) is 8.14. The molecule has 1 saturated heterocycles. The van der Waals surface area contributed by atoms with Crippen LogP contribution in [0, 0.1) is 0 Å². The monoisotopic (exact) mass is 428 g/mol. The van der Waals surface area contributed by atoms with Crippen molar-refractivity contribution in [1.82, 2.24) is 10.2 Å². The Balaban J connectivity index is 1.36. The zero-order chi connectivity index (χ0) is 21.3. The van der Waals surface area contributed by atoms with Crippen LogP contribution in [0.3, 0.4) is 0 Å². The molecule has 5 nitrogen and oxygen atoms in total. The zero-order valence-corrected chi connectivity index (χ0v) is 18.2. The summed E-state index contributed by atoms with van der Waals surface area (Å²) in [5.74, 6) is 0.683. The Morgan fingerprint density at radius 2 is 1.67 bits per heavy atom. The average Bonchev–Trinajstić information content (AvgIpc) is 2.75. The Kier molecular flexibility index (Phi) is 8.14. The number of hydrogen-bond donors (Lipinski definition) is 1. The van der Waals surface area contributed by atoms with Crippen molar-refractivity contribution in [2.24, 2.45) is 0 Å². The number of carbonyl (C=O) groups excluding carboxylic acids is 2. The number of hydrogen-bond acceptors (Lipinski definition) is 3. The molecule has 1 heterocycles. The summed E-state index contributed by atoms with van der Waals surface area (Å²) in [6.07, 6.45) is 4.03. The van der Waals surface area contributed by atoms with E-state index in [1.807, 2.05) is 41.3 Å². The highest BCUT2D eigenvalue weighted by atomic mass is 35.5. The molecule has 0 saturated carbocycles. The van der Waals surface area contributed by atoms with E-state index in [2.05, 4.69) is 12.2 Å². The second kappa shape index (κ2) is 11.0. The van der Waals surface area contributed by atoms with E-state index < -0.39 is 0 Å². The molecule has 0 atom stereocenters. The summed E-state index contributed by atoms with van der Waals surface area (Å²) in [5.41, 5.74) is 2.23. The molecule has 1 fully saturated rings. The third kappa shape index (κ3) is 6.77. The zero-order valence-electron chi connectivity index (χ0n) is 17.4. The maximum atomic E-state index is 12.5. The van der Waals surface area contributed by atoms with Crippen LogP contribution in [0.2, 0.25) is 5.02 Å². The van der Waals surface area contributed by atoms with Crippen LogP contribution in [0.5, 0.6) is 5.75 Å². The number of carbonyl (C=O) groups is 2. The quantitative estimate of drug-likeness (QED) is 0.690. The van der Waals surface area contributed by atoms with Crippen molar-refractivity contribution >= 4 is 23.4 Å². The SMILES string of the molecule is CCCc1ccc(OCC(=O)NC2CCN(C(=O)Cc3ccc(Cl)cc3)CC2)cc1. The number of halogens is 1. The van der Waals surface area contributed by atoms with Crippen molar-refractivity contribution in [3.8, 4) is 5.75 Å². The minimum atomic E-state index is -0.126. The van der Waals surface area contributed by atoms with Crippen LogP contribution in [-0.2, 0) is 22.4 Å². The molecule has 6 heteroatoms. The van der Waals surface area contributed by atoms with Gasteiger partial charge in [-0.15, -0.1) is 0 Å². The lowest BCUT2D eigenvalue weighted by Crippen LogP contribution is -2.47. The molecule has 0 bridgehead atoms. The fraction of sp³-hybridized carbons (Fsp3) is 0.417. The van der Waals surface area contributed by atoms with Crippen molar-refractivity contribution in [1.29, 1.82) is 0 Å². The number of nitrogens with zero attached hydrogens (tertiary/aromatic N) is 1. The third-order valence-electron chi connectivity index (χ3n) is 5.31. The van der Waals surface area contributed by atoms with Crippen LogP contribution in [-0.4, -0.2) is 42.5 Å². The maximum absolute atomic E-state index is 12.5. The lowest BCUT2D eigenvalue weighted by molar-refractivity contribution is -0.131. The predicted molar refractivity (Wildman–Crippen MR) is 119 cm³/mol. The fourth-order valence-electron chi connectivity index (χ4n) is 3.62. The van der Waals surface area contributed by atoms with Crippen molar-refractivity contribution in [2.45, 2.75) is 45.1 Å². The molecular formula is C24H29ClN2O3. The summed E-state index contributed by atoms with van der Waals surface area (Å²) < 4.78 is 5.59. The highest BCUT2D eigenvalue weighted by Gasteiger charge is 2.24. The predicted octanol–water partition coefficient (Wildman–Crippen LogP) is 4.02. The van der Waals surface area contributed by atoms with Gasteiger partial charge in [0.1, 0.15) is 5.75 Å². The Bertz CT molecular complexity index is 829. The van der Waals surface area contributed by atoms with Gasteiger partial charge in [-0.25, -0.2) is 0 Å². The van der Waals surface area contributed by atoms with Gasteiger partial charge in [0.05, 0.1) is 6.42 Å². The van der Waals surface area contributed by atoms with Crippen LogP contribution >= 0.6 is 11.6 Å². The normalized spacial score (nSPS) is 14.4. The van der Waals surface area contributed by atoms with Gasteiger partial charge in [0.2, 0.25) is 5.91 Å². The molecule has 30 heavy (non-hydrogen) atoms. The summed E-state index contributed by atoms with van der Waals surface area (Å²) in [5, 5.41) is 3.69. The molecule has 160 valence electrons. The Labute approximate surface area is 183 Å². The first-order valence-electron chi connectivity index (χ1n) is 10.6. The highest BCUT2D eigenvalue weighted by molar-refractivity contribution is 6.30. The number of piperidine rings is 1. The lowest BCUT2D eigenvalue weighted by atomic mass is 10.0. The number of nitrogens with one attached hydrogen (secondary N) is 1. The molecule has 3 rings (SSSR count). The fourth-order valence-corrected chi connectivity index (χ4v) is 3.75. The standard InChI is InChI=1S/C24H29ClN2O3/c1-2-3-18-6-10-22(11-7-18)30-17-23(28)26-21-12-14-27(15-13-21)24(29)16-19-4-8-20(25)9-5-19/h4-11,21H,2-3,12-17H2,1H3,(H,26,28). The minimum absolute atomic E-state index is 0.00281. The van der Waals surface area contributed by atoms with Crippen molar-refractivity contribution < 1.29 is 14.3 Å². The van der Waals surface area contributed by atoms with E-state index in [0.29, 0.717) is 30.3 Å².